The summed E-state index contributed by atoms with van der Waals surface area (Å²) < 4.78 is 49.1. The molecular formula is C12H14F3NO4. The van der Waals surface area contributed by atoms with Crippen molar-refractivity contribution in [3.05, 3.63) is 24.3 Å². The Balaban J connectivity index is 2.12. The van der Waals surface area contributed by atoms with E-state index in [0.29, 0.717) is 11.4 Å². The van der Waals surface area contributed by atoms with Crippen LogP contribution in [0.1, 0.15) is 0 Å². The van der Waals surface area contributed by atoms with Crippen LogP contribution >= 0.6 is 0 Å². The molecule has 1 rings (SSSR count). The smallest absolute Gasteiger partial charge is 0.411 e. The van der Waals surface area contributed by atoms with E-state index in [2.05, 4.69) is 9.47 Å². The third-order valence-corrected chi connectivity index (χ3v) is 1.97. The van der Waals surface area contributed by atoms with E-state index in [9.17, 15) is 18.0 Å². The lowest BCUT2D eigenvalue weighted by Gasteiger charge is -2.09. The van der Waals surface area contributed by atoms with Gasteiger partial charge in [-0.1, -0.05) is 6.07 Å². The van der Waals surface area contributed by atoms with Gasteiger partial charge in [0, 0.05) is 11.8 Å². The Morgan fingerprint density at radius 3 is 2.65 bits per heavy atom. The zero-order valence-corrected chi connectivity index (χ0v) is 10.5. The van der Waals surface area contributed by atoms with Crippen molar-refractivity contribution in [1.82, 2.24) is 0 Å². The Hall–Kier alpha value is -1.96. The largest absolute Gasteiger partial charge is 0.482 e. The molecule has 8 heteroatoms. The Kier molecular flexibility index (Phi) is 6.10. The van der Waals surface area contributed by atoms with Crippen molar-refractivity contribution in [1.29, 1.82) is 0 Å². The molecule has 2 N–H and O–H groups in total. The van der Waals surface area contributed by atoms with Gasteiger partial charge in [0.2, 0.25) is 0 Å². The Morgan fingerprint density at radius 1 is 1.25 bits per heavy atom. The zero-order chi connectivity index (χ0) is 15.0. The molecule has 0 unspecified atom stereocenters. The lowest BCUT2D eigenvalue weighted by Crippen LogP contribution is -2.21. The molecule has 0 spiro atoms. The fourth-order valence-electron chi connectivity index (χ4n) is 1.19. The summed E-state index contributed by atoms with van der Waals surface area (Å²) >= 11 is 0. The summed E-state index contributed by atoms with van der Waals surface area (Å²) in [5.41, 5.74) is 5.99. The summed E-state index contributed by atoms with van der Waals surface area (Å²) in [5.74, 6) is -0.307. The molecule has 0 amide bonds. The average Bonchev–Trinajstić information content (AvgIpc) is 2.35. The van der Waals surface area contributed by atoms with Crippen molar-refractivity contribution in [2.75, 3.05) is 32.2 Å². The summed E-state index contributed by atoms with van der Waals surface area (Å²) in [6, 6.07) is 6.44. The van der Waals surface area contributed by atoms with Crippen LogP contribution in [0.5, 0.6) is 5.75 Å². The normalized spacial score (nSPS) is 11.2. The van der Waals surface area contributed by atoms with Crippen LogP contribution in [-0.4, -0.2) is 38.6 Å². The minimum Gasteiger partial charge on any atom is -0.482 e. The van der Waals surface area contributed by atoms with E-state index >= 15 is 0 Å². The number of hydrogen-bond acceptors (Lipinski definition) is 5. The predicted molar refractivity (Wildman–Crippen MR) is 64.2 cm³/mol. The highest BCUT2D eigenvalue weighted by molar-refractivity contribution is 5.71. The number of hydrogen-bond donors (Lipinski definition) is 1. The summed E-state index contributed by atoms with van der Waals surface area (Å²) in [6.07, 6.45) is -4.39. The van der Waals surface area contributed by atoms with Crippen LogP contribution in [-0.2, 0) is 14.3 Å². The monoisotopic (exact) mass is 293 g/mol. The van der Waals surface area contributed by atoms with Crippen molar-refractivity contribution < 1.29 is 32.2 Å². The number of carbonyl (C=O) groups excluding carboxylic acids is 1. The third kappa shape index (κ3) is 7.47. The second kappa shape index (κ2) is 7.59. The summed E-state index contributed by atoms with van der Waals surface area (Å²) in [4.78, 5) is 11.2. The van der Waals surface area contributed by atoms with Gasteiger partial charge in [-0.2, -0.15) is 13.2 Å². The molecule has 0 atom stereocenters. The maximum atomic E-state index is 11.7. The second-order valence-electron chi connectivity index (χ2n) is 3.75. The molecule has 0 bridgehead atoms. The molecule has 1 aromatic carbocycles. The average molecular weight is 293 g/mol. The maximum absolute atomic E-state index is 11.7. The van der Waals surface area contributed by atoms with Crippen LogP contribution in [0.4, 0.5) is 18.9 Å². The van der Waals surface area contributed by atoms with Crippen LogP contribution in [0.15, 0.2) is 24.3 Å². The molecule has 20 heavy (non-hydrogen) atoms. The highest BCUT2D eigenvalue weighted by atomic mass is 19.4. The lowest BCUT2D eigenvalue weighted by molar-refractivity contribution is -0.177. The number of ether oxygens (including phenoxy) is 3. The van der Waals surface area contributed by atoms with E-state index in [4.69, 9.17) is 10.5 Å². The van der Waals surface area contributed by atoms with Gasteiger partial charge >= 0.3 is 12.1 Å². The van der Waals surface area contributed by atoms with Crippen molar-refractivity contribution in [2.24, 2.45) is 0 Å². The first-order valence-electron chi connectivity index (χ1n) is 5.65. The quantitative estimate of drug-likeness (QED) is 0.471. The number of anilines is 1. The fraction of sp³-hybridized carbons (Fsp3) is 0.417. The van der Waals surface area contributed by atoms with Crippen LogP contribution in [0.3, 0.4) is 0 Å². The third-order valence-electron chi connectivity index (χ3n) is 1.97. The molecule has 0 aromatic heterocycles. The van der Waals surface area contributed by atoms with Crippen LogP contribution in [0.2, 0.25) is 0 Å². The molecule has 0 radical (unpaired) electrons. The van der Waals surface area contributed by atoms with Gasteiger partial charge in [-0.3, -0.25) is 0 Å². The number of nitrogen functional groups attached to an aromatic ring is 1. The maximum Gasteiger partial charge on any atom is 0.411 e. The van der Waals surface area contributed by atoms with E-state index in [0.717, 1.165) is 0 Å². The molecule has 0 saturated carbocycles. The van der Waals surface area contributed by atoms with Gasteiger partial charge in [-0.15, -0.1) is 0 Å². The second-order valence-corrected chi connectivity index (χ2v) is 3.75. The molecular weight excluding hydrogens is 279 g/mol. The number of benzene rings is 1. The van der Waals surface area contributed by atoms with Crippen LogP contribution < -0.4 is 10.5 Å². The van der Waals surface area contributed by atoms with E-state index in [1.165, 1.54) is 6.07 Å². The number of nitrogens with two attached hydrogens (primary N) is 1. The standard InChI is InChI=1S/C12H14F3NO4/c13-12(14,15)8-18-4-5-19-11(17)7-20-10-3-1-2-9(16)6-10/h1-3,6H,4-5,7-8,16H2. The van der Waals surface area contributed by atoms with Crippen molar-refractivity contribution in [3.8, 4) is 5.75 Å². The molecule has 0 aliphatic carbocycles. The Morgan fingerprint density at radius 2 is 2.00 bits per heavy atom. The number of esters is 1. The van der Waals surface area contributed by atoms with Crippen LogP contribution in [0, 0.1) is 0 Å². The van der Waals surface area contributed by atoms with Gasteiger partial charge < -0.3 is 19.9 Å². The molecule has 0 saturated heterocycles. The van der Waals surface area contributed by atoms with E-state index in [-0.39, 0.29) is 19.8 Å². The van der Waals surface area contributed by atoms with Crippen LogP contribution in [0.25, 0.3) is 0 Å². The van der Waals surface area contributed by atoms with Crippen molar-refractivity contribution in [3.63, 3.8) is 0 Å². The summed E-state index contributed by atoms with van der Waals surface area (Å²) in [5, 5.41) is 0. The number of carbonyl (C=O) groups is 1. The minimum atomic E-state index is -4.39. The number of rotatable bonds is 7. The van der Waals surface area contributed by atoms with Gasteiger partial charge in [0.25, 0.3) is 0 Å². The molecule has 0 aliphatic heterocycles. The van der Waals surface area contributed by atoms with E-state index in [1.807, 2.05) is 0 Å². The molecule has 0 fully saturated rings. The zero-order valence-electron chi connectivity index (χ0n) is 10.5. The lowest BCUT2D eigenvalue weighted by atomic mass is 10.3. The van der Waals surface area contributed by atoms with Crippen molar-refractivity contribution in [2.45, 2.75) is 6.18 Å². The number of halogens is 3. The van der Waals surface area contributed by atoms with Gasteiger partial charge in [0.15, 0.2) is 6.61 Å². The van der Waals surface area contributed by atoms with Gasteiger partial charge in [0.1, 0.15) is 19.0 Å². The van der Waals surface area contributed by atoms with E-state index in [1.54, 1.807) is 18.2 Å². The van der Waals surface area contributed by atoms with Crippen molar-refractivity contribution >= 4 is 11.7 Å². The molecule has 1 aromatic rings. The Labute approximate surface area is 113 Å². The summed E-state index contributed by atoms with van der Waals surface area (Å²) in [6.45, 7) is -2.33. The first-order chi connectivity index (χ1) is 9.37. The fourth-order valence-corrected chi connectivity index (χ4v) is 1.19. The first-order valence-corrected chi connectivity index (χ1v) is 5.65. The first kappa shape index (κ1) is 16.1. The molecule has 112 valence electrons. The number of alkyl halides is 3. The van der Waals surface area contributed by atoms with Gasteiger partial charge in [-0.25, -0.2) is 4.79 Å². The predicted octanol–water partition coefficient (Wildman–Crippen LogP) is 1.77. The minimum absolute atomic E-state index is 0.269. The highest BCUT2D eigenvalue weighted by Gasteiger charge is 2.27. The van der Waals surface area contributed by atoms with E-state index < -0.39 is 18.8 Å². The molecule has 5 nitrogen and oxygen atoms in total. The molecule has 0 aliphatic rings. The Bertz CT molecular complexity index is 437. The summed E-state index contributed by atoms with van der Waals surface area (Å²) in [7, 11) is 0. The topological polar surface area (TPSA) is 70.8 Å². The van der Waals surface area contributed by atoms with Gasteiger partial charge in [-0.05, 0) is 12.1 Å². The highest BCUT2D eigenvalue weighted by Crippen LogP contribution is 2.15. The van der Waals surface area contributed by atoms with Gasteiger partial charge in [0.05, 0.1) is 6.61 Å². The molecule has 0 heterocycles. The SMILES string of the molecule is Nc1cccc(OCC(=O)OCCOCC(F)(F)F)c1.